The Balaban J connectivity index is 1.42. The summed E-state index contributed by atoms with van der Waals surface area (Å²) in [4.78, 5) is 34.4. The molecular formula is C20H27N7O3. The van der Waals surface area contributed by atoms with E-state index in [2.05, 4.69) is 25.6 Å². The van der Waals surface area contributed by atoms with Gasteiger partial charge in [0.1, 0.15) is 17.6 Å². The molecule has 2 aromatic rings. The molecule has 10 heteroatoms. The summed E-state index contributed by atoms with van der Waals surface area (Å²) in [5.41, 5.74) is 1.60. The van der Waals surface area contributed by atoms with Crippen molar-refractivity contribution < 1.29 is 14.3 Å². The van der Waals surface area contributed by atoms with Crippen LogP contribution in [0.1, 0.15) is 54.9 Å². The third kappa shape index (κ3) is 4.33. The number of rotatable bonds is 5. The van der Waals surface area contributed by atoms with Crippen LogP contribution in [0.15, 0.2) is 18.7 Å². The highest BCUT2D eigenvalue weighted by molar-refractivity contribution is 5.93. The summed E-state index contributed by atoms with van der Waals surface area (Å²) in [6, 6.07) is 0. The Bertz CT molecular complexity index is 914. The molecular weight excluding hydrogens is 386 g/mol. The number of hydrogen-bond acceptors (Lipinski definition) is 7. The zero-order chi connectivity index (χ0) is 21.1. The number of piperidine rings is 1. The third-order valence-electron chi connectivity index (χ3n) is 5.55. The Morgan fingerprint density at radius 3 is 2.83 bits per heavy atom. The van der Waals surface area contributed by atoms with Gasteiger partial charge in [-0.1, -0.05) is 19.1 Å². The van der Waals surface area contributed by atoms with Gasteiger partial charge in [0.2, 0.25) is 5.91 Å². The lowest BCUT2D eigenvalue weighted by molar-refractivity contribution is -0.123. The molecule has 2 aromatic heterocycles. The highest BCUT2D eigenvalue weighted by Crippen LogP contribution is 2.32. The molecule has 2 aliphatic rings. The van der Waals surface area contributed by atoms with E-state index in [1.54, 1.807) is 4.90 Å². The van der Waals surface area contributed by atoms with Crippen LogP contribution in [-0.4, -0.2) is 60.4 Å². The number of amides is 2. The van der Waals surface area contributed by atoms with Gasteiger partial charge in [-0.3, -0.25) is 9.59 Å². The average molecular weight is 413 g/mol. The van der Waals surface area contributed by atoms with E-state index in [1.807, 2.05) is 18.5 Å². The van der Waals surface area contributed by atoms with Crippen molar-refractivity contribution in [3.8, 4) is 0 Å². The van der Waals surface area contributed by atoms with E-state index < -0.39 is 5.60 Å². The van der Waals surface area contributed by atoms with Gasteiger partial charge < -0.3 is 15.0 Å². The smallest absolute Gasteiger partial charge is 0.257 e. The van der Waals surface area contributed by atoms with Gasteiger partial charge in [-0.2, -0.15) is 0 Å². The van der Waals surface area contributed by atoms with Crippen molar-refractivity contribution >= 4 is 11.8 Å². The van der Waals surface area contributed by atoms with Crippen LogP contribution in [0.4, 0.5) is 0 Å². The van der Waals surface area contributed by atoms with E-state index in [4.69, 9.17) is 4.74 Å². The van der Waals surface area contributed by atoms with Crippen molar-refractivity contribution in [2.24, 2.45) is 5.92 Å². The van der Waals surface area contributed by atoms with Crippen molar-refractivity contribution in [2.75, 3.05) is 13.1 Å². The summed E-state index contributed by atoms with van der Waals surface area (Å²) >= 11 is 0. The van der Waals surface area contributed by atoms with Crippen molar-refractivity contribution in [2.45, 2.75) is 58.4 Å². The molecule has 0 radical (unpaired) electrons. The van der Waals surface area contributed by atoms with Crippen LogP contribution in [0.2, 0.25) is 0 Å². The lowest BCUT2D eigenvalue weighted by atomic mass is 9.91. The maximum Gasteiger partial charge on any atom is 0.257 e. The second-order valence-corrected chi connectivity index (χ2v) is 8.44. The van der Waals surface area contributed by atoms with Crippen molar-refractivity contribution in [1.29, 1.82) is 0 Å². The lowest BCUT2D eigenvalue weighted by Crippen LogP contribution is -2.55. The summed E-state index contributed by atoms with van der Waals surface area (Å²) in [5, 5.41) is 11.4. The zero-order valence-electron chi connectivity index (χ0n) is 17.4. The van der Waals surface area contributed by atoms with E-state index in [0.717, 1.165) is 24.2 Å². The molecule has 160 valence electrons. The van der Waals surface area contributed by atoms with Gasteiger partial charge >= 0.3 is 0 Å². The van der Waals surface area contributed by atoms with Crippen LogP contribution < -0.4 is 5.32 Å². The Morgan fingerprint density at radius 1 is 1.27 bits per heavy atom. The second kappa shape index (κ2) is 8.47. The molecule has 2 amide bonds. The Hall–Kier alpha value is -2.88. The maximum absolute atomic E-state index is 12.8. The molecule has 4 heterocycles. The minimum Gasteiger partial charge on any atom is -0.365 e. The van der Waals surface area contributed by atoms with Crippen LogP contribution in [0, 0.1) is 5.92 Å². The van der Waals surface area contributed by atoms with Crippen molar-refractivity contribution in [3.05, 3.63) is 35.7 Å². The number of aromatic nitrogens is 5. The molecule has 10 nitrogen and oxygen atoms in total. The van der Waals surface area contributed by atoms with Crippen LogP contribution in [0.3, 0.4) is 0 Å². The Kier molecular flexibility index (Phi) is 5.76. The first-order valence-electron chi connectivity index (χ1n) is 10.3. The fourth-order valence-electron chi connectivity index (χ4n) is 4.07. The first kappa shape index (κ1) is 20.4. The normalized spacial score (nSPS) is 21.0. The summed E-state index contributed by atoms with van der Waals surface area (Å²) in [5.74, 6) is 0.226. The molecule has 1 saturated heterocycles. The van der Waals surface area contributed by atoms with Gasteiger partial charge in [-0.25, -0.2) is 14.6 Å². The largest absolute Gasteiger partial charge is 0.365 e. The van der Waals surface area contributed by atoms with E-state index >= 15 is 0 Å². The number of likely N-dealkylation sites (tertiary alicyclic amines) is 1. The van der Waals surface area contributed by atoms with Gasteiger partial charge in [0.25, 0.3) is 5.91 Å². The number of nitrogens with one attached hydrogen (secondary N) is 1. The highest BCUT2D eigenvalue weighted by atomic mass is 16.5. The molecule has 4 rings (SSSR count). The van der Waals surface area contributed by atoms with Gasteiger partial charge in [0.05, 0.1) is 37.5 Å². The number of nitrogens with zero attached hydrogens (tertiary/aromatic N) is 6. The molecule has 0 bridgehead atoms. The summed E-state index contributed by atoms with van der Waals surface area (Å²) in [6.45, 7) is 6.42. The van der Waals surface area contributed by atoms with Gasteiger partial charge in [0, 0.05) is 25.4 Å². The molecule has 1 unspecified atom stereocenters. The van der Waals surface area contributed by atoms with E-state index in [9.17, 15) is 9.59 Å². The number of carbonyl (C=O) groups is 2. The fraction of sp³-hybridized carbons (Fsp3) is 0.600. The van der Waals surface area contributed by atoms with Gasteiger partial charge in [0.15, 0.2) is 0 Å². The van der Waals surface area contributed by atoms with Crippen molar-refractivity contribution in [1.82, 2.24) is 35.2 Å². The van der Waals surface area contributed by atoms with Crippen LogP contribution >= 0.6 is 0 Å². The molecule has 0 aromatic carbocycles. The van der Waals surface area contributed by atoms with Crippen LogP contribution in [-0.2, 0) is 29.2 Å². The molecule has 2 aliphatic heterocycles. The molecule has 0 aliphatic carbocycles. The summed E-state index contributed by atoms with van der Waals surface area (Å²) in [7, 11) is 0. The average Bonchev–Trinajstić information content (AvgIpc) is 3.13. The molecule has 1 fully saturated rings. The third-order valence-corrected chi connectivity index (χ3v) is 5.55. The second-order valence-electron chi connectivity index (χ2n) is 8.44. The van der Waals surface area contributed by atoms with E-state index in [-0.39, 0.29) is 11.8 Å². The quantitative estimate of drug-likeness (QED) is 0.775. The SMILES string of the molecule is CC(C)CC(=O)NCc1nnn2c1COC1(CCCN(C(=O)c3cncnc3)C1)C2. The number of ether oxygens (including phenoxy) is 1. The minimum atomic E-state index is -0.484. The molecule has 1 atom stereocenters. The number of hydrogen-bond donors (Lipinski definition) is 1. The predicted octanol–water partition coefficient (Wildman–Crippen LogP) is 0.936. The lowest BCUT2D eigenvalue weighted by Gasteiger charge is -2.44. The molecule has 30 heavy (non-hydrogen) atoms. The summed E-state index contributed by atoms with van der Waals surface area (Å²) < 4.78 is 8.14. The predicted molar refractivity (Wildman–Crippen MR) is 106 cm³/mol. The van der Waals surface area contributed by atoms with E-state index in [0.29, 0.717) is 50.7 Å². The zero-order valence-corrected chi connectivity index (χ0v) is 17.4. The minimum absolute atomic E-state index is 0.00581. The van der Waals surface area contributed by atoms with Gasteiger partial charge in [-0.05, 0) is 18.8 Å². The molecule has 0 saturated carbocycles. The topological polar surface area (TPSA) is 115 Å². The Labute approximate surface area is 175 Å². The van der Waals surface area contributed by atoms with E-state index in [1.165, 1.54) is 18.7 Å². The highest BCUT2D eigenvalue weighted by Gasteiger charge is 2.42. The van der Waals surface area contributed by atoms with Crippen LogP contribution in [0.5, 0.6) is 0 Å². The van der Waals surface area contributed by atoms with Crippen molar-refractivity contribution in [3.63, 3.8) is 0 Å². The number of fused-ring (bicyclic) bond motifs is 1. The first-order chi connectivity index (χ1) is 14.5. The fourth-order valence-corrected chi connectivity index (χ4v) is 4.07. The number of carbonyl (C=O) groups excluding carboxylic acids is 2. The van der Waals surface area contributed by atoms with Gasteiger partial charge in [-0.15, -0.1) is 5.10 Å². The molecule has 1 N–H and O–H groups in total. The monoisotopic (exact) mass is 413 g/mol. The first-order valence-corrected chi connectivity index (χ1v) is 10.3. The maximum atomic E-state index is 12.8. The summed E-state index contributed by atoms with van der Waals surface area (Å²) in [6.07, 6.45) is 6.66. The standard InChI is InChI=1S/C20H27N7O3/c1-14(2)6-18(28)23-9-16-17-10-30-20(12-27(17)25-24-16)4-3-5-26(11-20)19(29)15-7-21-13-22-8-15/h7-8,13-14H,3-6,9-12H2,1-2H3,(H,23,28). The Morgan fingerprint density at radius 2 is 2.07 bits per heavy atom. The van der Waals surface area contributed by atoms with Crippen LogP contribution in [0.25, 0.3) is 0 Å². The molecule has 1 spiro atoms.